The van der Waals surface area contributed by atoms with Gasteiger partial charge >= 0.3 is 12.0 Å². The van der Waals surface area contributed by atoms with E-state index in [2.05, 4.69) is 21.2 Å². The van der Waals surface area contributed by atoms with Gasteiger partial charge in [0.1, 0.15) is 12.3 Å². The Morgan fingerprint density at radius 2 is 1.87 bits per heavy atom. The third kappa shape index (κ3) is 6.27. The Bertz CT molecular complexity index is 598. The number of para-hydroxylation sites is 2. The molecule has 0 aliphatic carbocycles. The lowest BCUT2D eigenvalue weighted by molar-refractivity contribution is -0.151. The Morgan fingerprint density at radius 1 is 1.26 bits per heavy atom. The number of halogens is 1. The fraction of sp³-hybridized carbons (Fsp3) is 0.400. The van der Waals surface area contributed by atoms with E-state index in [1.165, 1.54) is 14.0 Å². The first-order valence-corrected chi connectivity index (χ1v) is 7.56. The first-order chi connectivity index (χ1) is 10.6. The SMILES string of the molecule is COc1ccccc1NC(=O)N(CC(=O)OC(C)(C)Br)C(C)=O. The molecule has 1 rings (SSSR count). The average Bonchev–Trinajstić information content (AvgIpc) is 2.43. The number of anilines is 1. The van der Waals surface area contributed by atoms with Gasteiger partial charge in [-0.1, -0.05) is 12.1 Å². The standard InChI is InChI=1S/C15H19BrN2O5/c1-10(19)18(9-13(20)23-15(2,3)16)14(21)17-11-7-5-6-8-12(11)22-4/h5-8H,9H2,1-4H3,(H,17,21). The number of ether oxygens (including phenoxy) is 2. The van der Waals surface area contributed by atoms with E-state index in [1.54, 1.807) is 38.1 Å². The van der Waals surface area contributed by atoms with Gasteiger partial charge in [0.25, 0.3) is 0 Å². The molecule has 0 aromatic heterocycles. The second-order valence-corrected chi connectivity index (χ2v) is 6.98. The monoisotopic (exact) mass is 386 g/mol. The van der Waals surface area contributed by atoms with Gasteiger partial charge in [0.15, 0.2) is 4.51 Å². The molecule has 0 saturated heterocycles. The number of hydrogen-bond acceptors (Lipinski definition) is 5. The predicted molar refractivity (Wildman–Crippen MR) is 88.5 cm³/mol. The molecule has 126 valence electrons. The molecule has 23 heavy (non-hydrogen) atoms. The number of esters is 1. The molecule has 0 heterocycles. The minimum atomic E-state index is -0.883. The molecule has 0 radical (unpaired) electrons. The van der Waals surface area contributed by atoms with Crippen LogP contribution in [0.3, 0.4) is 0 Å². The maximum atomic E-state index is 12.2. The van der Waals surface area contributed by atoms with E-state index in [4.69, 9.17) is 9.47 Å². The second-order valence-electron chi connectivity index (χ2n) is 5.07. The van der Waals surface area contributed by atoms with Gasteiger partial charge in [-0.05, 0) is 41.9 Å². The van der Waals surface area contributed by atoms with Crippen molar-refractivity contribution >= 4 is 39.5 Å². The van der Waals surface area contributed by atoms with Crippen LogP contribution in [0.4, 0.5) is 10.5 Å². The number of carbonyl (C=O) groups is 3. The van der Waals surface area contributed by atoms with Gasteiger partial charge in [-0.25, -0.2) is 4.79 Å². The molecule has 0 fully saturated rings. The van der Waals surface area contributed by atoms with Crippen LogP contribution in [0, 0.1) is 0 Å². The quantitative estimate of drug-likeness (QED) is 0.621. The van der Waals surface area contributed by atoms with E-state index in [0.717, 1.165) is 4.90 Å². The molecule has 0 unspecified atom stereocenters. The third-order valence-corrected chi connectivity index (χ3v) is 2.78. The van der Waals surface area contributed by atoms with Crippen molar-refractivity contribution in [3.05, 3.63) is 24.3 Å². The zero-order valence-corrected chi connectivity index (χ0v) is 15.0. The summed E-state index contributed by atoms with van der Waals surface area (Å²) in [5.41, 5.74) is 0.389. The average molecular weight is 387 g/mol. The van der Waals surface area contributed by atoms with Crippen LogP contribution < -0.4 is 10.1 Å². The van der Waals surface area contributed by atoms with Gasteiger partial charge in [-0.15, -0.1) is 0 Å². The highest BCUT2D eigenvalue weighted by Crippen LogP contribution is 2.23. The number of imide groups is 1. The minimum Gasteiger partial charge on any atom is -0.495 e. The summed E-state index contributed by atoms with van der Waals surface area (Å²) >= 11 is 3.15. The Labute approximate surface area is 143 Å². The second kappa shape index (κ2) is 7.96. The number of alkyl halides is 1. The number of nitrogens with one attached hydrogen (secondary N) is 1. The number of urea groups is 1. The smallest absolute Gasteiger partial charge is 0.329 e. The topological polar surface area (TPSA) is 84.9 Å². The first-order valence-electron chi connectivity index (χ1n) is 6.77. The summed E-state index contributed by atoms with van der Waals surface area (Å²) in [4.78, 5) is 36.4. The van der Waals surface area contributed by atoms with Crippen molar-refractivity contribution in [1.82, 2.24) is 4.90 Å². The van der Waals surface area contributed by atoms with Gasteiger partial charge in [-0.2, -0.15) is 0 Å². The van der Waals surface area contributed by atoms with E-state index < -0.39 is 29.0 Å². The summed E-state index contributed by atoms with van der Waals surface area (Å²) in [6.45, 7) is 3.94. The van der Waals surface area contributed by atoms with Crippen LogP contribution in [0.1, 0.15) is 20.8 Å². The van der Waals surface area contributed by atoms with E-state index in [-0.39, 0.29) is 0 Å². The van der Waals surface area contributed by atoms with Crippen LogP contribution in [-0.2, 0) is 14.3 Å². The molecule has 0 saturated carbocycles. The lowest BCUT2D eigenvalue weighted by Crippen LogP contribution is -2.43. The van der Waals surface area contributed by atoms with Crippen LogP contribution in [0.2, 0.25) is 0 Å². The highest BCUT2D eigenvalue weighted by Gasteiger charge is 2.26. The third-order valence-electron chi connectivity index (χ3n) is 2.62. The number of benzene rings is 1. The van der Waals surface area contributed by atoms with Crippen molar-refractivity contribution in [3.63, 3.8) is 0 Å². The van der Waals surface area contributed by atoms with Gasteiger partial charge < -0.3 is 14.8 Å². The Morgan fingerprint density at radius 3 is 2.39 bits per heavy atom. The molecule has 1 aromatic carbocycles. The van der Waals surface area contributed by atoms with Gasteiger partial charge in [0.05, 0.1) is 12.8 Å². The molecule has 7 nitrogen and oxygen atoms in total. The Balaban J connectivity index is 2.83. The van der Waals surface area contributed by atoms with Crippen molar-refractivity contribution in [1.29, 1.82) is 0 Å². The zero-order valence-electron chi connectivity index (χ0n) is 13.4. The summed E-state index contributed by atoms with van der Waals surface area (Å²) < 4.78 is 9.28. The molecule has 8 heteroatoms. The highest BCUT2D eigenvalue weighted by atomic mass is 79.9. The lowest BCUT2D eigenvalue weighted by Gasteiger charge is -2.22. The molecule has 0 atom stereocenters. The normalized spacial score (nSPS) is 10.7. The van der Waals surface area contributed by atoms with Crippen molar-refractivity contribution < 1.29 is 23.9 Å². The van der Waals surface area contributed by atoms with Crippen LogP contribution in [0.5, 0.6) is 5.75 Å². The van der Waals surface area contributed by atoms with Gasteiger partial charge in [0.2, 0.25) is 5.91 Å². The largest absolute Gasteiger partial charge is 0.495 e. The predicted octanol–water partition coefficient (Wildman–Crippen LogP) is 2.75. The van der Waals surface area contributed by atoms with Gasteiger partial charge in [-0.3, -0.25) is 14.5 Å². The molecule has 3 amide bonds. The fourth-order valence-electron chi connectivity index (χ4n) is 1.69. The molecule has 0 bridgehead atoms. The van der Waals surface area contributed by atoms with Crippen LogP contribution >= 0.6 is 15.9 Å². The summed E-state index contributed by atoms with van der Waals surface area (Å²) in [6, 6.07) is 5.99. The van der Waals surface area contributed by atoms with E-state index >= 15 is 0 Å². The molecule has 1 N–H and O–H groups in total. The number of rotatable bonds is 5. The molecule has 1 aromatic rings. The van der Waals surface area contributed by atoms with E-state index in [0.29, 0.717) is 11.4 Å². The number of hydrogen-bond donors (Lipinski definition) is 1. The van der Waals surface area contributed by atoms with Crippen LogP contribution in [-0.4, -0.2) is 41.0 Å². The first kappa shape index (κ1) is 19.0. The van der Waals surface area contributed by atoms with Crippen LogP contribution in [0.15, 0.2) is 24.3 Å². The maximum Gasteiger partial charge on any atom is 0.329 e. The summed E-state index contributed by atoms with van der Waals surface area (Å²) in [7, 11) is 1.46. The van der Waals surface area contributed by atoms with E-state index in [1.807, 2.05) is 0 Å². The van der Waals surface area contributed by atoms with Gasteiger partial charge in [0, 0.05) is 6.92 Å². The minimum absolute atomic E-state index is 0.389. The van der Waals surface area contributed by atoms with Crippen molar-refractivity contribution in [2.45, 2.75) is 25.3 Å². The molecule has 0 aliphatic rings. The van der Waals surface area contributed by atoms with Crippen molar-refractivity contribution in [3.8, 4) is 5.75 Å². The molecule has 0 spiro atoms. The lowest BCUT2D eigenvalue weighted by atomic mass is 10.3. The molecular weight excluding hydrogens is 368 g/mol. The number of methoxy groups -OCH3 is 1. The molecule has 0 aliphatic heterocycles. The zero-order chi connectivity index (χ0) is 17.6. The Hall–Kier alpha value is -2.09. The number of nitrogens with zero attached hydrogens (tertiary/aromatic N) is 1. The maximum absolute atomic E-state index is 12.2. The number of amides is 3. The number of carbonyl (C=O) groups excluding carboxylic acids is 3. The van der Waals surface area contributed by atoms with E-state index in [9.17, 15) is 14.4 Å². The highest BCUT2D eigenvalue weighted by molar-refractivity contribution is 9.10. The van der Waals surface area contributed by atoms with Crippen molar-refractivity contribution in [2.24, 2.45) is 0 Å². The summed E-state index contributed by atoms with van der Waals surface area (Å²) in [6.07, 6.45) is 0. The molecular formula is C15H19BrN2O5. The fourth-order valence-corrected chi connectivity index (χ4v) is 1.87. The summed E-state index contributed by atoms with van der Waals surface area (Å²) in [5, 5.41) is 2.53. The summed E-state index contributed by atoms with van der Waals surface area (Å²) in [5.74, 6) is -0.854. The van der Waals surface area contributed by atoms with Crippen LogP contribution in [0.25, 0.3) is 0 Å². The Kier molecular flexibility index (Phi) is 6.56. The van der Waals surface area contributed by atoms with Crippen molar-refractivity contribution in [2.75, 3.05) is 19.0 Å².